The molecule has 1 amide bonds. The predicted molar refractivity (Wildman–Crippen MR) is 160 cm³/mol. The molecule has 2 aliphatic carbocycles. The van der Waals surface area contributed by atoms with Crippen molar-refractivity contribution in [3.63, 3.8) is 0 Å². The van der Waals surface area contributed by atoms with Gasteiger partial charge in [0, 0.05) is 19.6 Å². The Morgan fingerprint density at radius 3 is 2.15 bits per heavy atom. The summed E-state index contributed by atoms with van der Waals surface area (Å²) in [5.74, 6) is 1.65. The molecule has 2 aromatic carbocycles. The second-order valence-electron chi connectivity index (χ2n) is 11.9. The number of rotatable bonds is 11. The molecule has 2 aliphatic rings. The maximum Gasteiger partial charge on any atom is 0.243 e. The summed E-state index contributed by atoms with van der Waals surface area (Å²) in [6.07, 6.45) is 9.41. The average Bonchev–Trinajstić information content (AvgIpc) is 2.98. The van der Waals surface area contributed by atoms with Crippen LogP contribution in [0.2, 0.25) is 0 Å². The van der Waals surface area contributed by atoms with Gasteiger partial charge in [-0.25, -0.2) is 8.42 Å². The molecule has 2 fully saturated rings. The molecule has 40 heavy (non-hydrogen) atoms. The monoisotopic (exact) mass is 569 g/mol. The molecule has 1 unspecified atom stereocenters. The zero-order chi connectivity index (χ0) is 28.8. The average molecular weight is 570 g/mol. The highest BCUT2D eigenvalue weighted by molar-refractivity contribution is 7.89. The van der Waals surface area contributed by atoms with Gasteiger partial charge in [-0.1, -0.05) is 62.4 Å². The van der Waals surface area contributed by atoms with Crippen LogP contribution in [0.3, 0.4) is 0 Å². The van der Waals surface area contributed by atoms with E-state index < -0.39 is 15.6 Å². The van der Waals surface area contributed by atoms with E-state index in [-0.39, 0.29) is 10.8 Å². The molecule has 2 saturated carbocycles. The Balaban J connectivity index is 1.35. The molecule has 220 valence electrons. The van der Waals surface area contributed by atoms with Crippen LogP contribution in [0.5, 0.6) is 5.75 Å². The second-order valence-corrected chi connectivity index (χ2v) is 13.9. The summed E-state index contributed by atoms with van der Waals surface area (Å²) in [6, 6.07) is 17.6. The molecule has 1 N–H and O–H groups in total. The van der Waals surface area contributed by atoms with Crippen LogP contribution in [0.15, 0.2) is 59.5 Å². The normalized spacial score (nSPS) is 22.1. The second kappa shape index (κ2) is 13.5. The molecule has 2 aromatic rings. The van der Waals surface area contributed by atoms with Crippen LogP contribution in [-0.4, -0.2) is 63.9 Å². The molecule has 0 bridgehead atoms. The molecule has 0 aliphatic heterocycles. The van der Waals surface area contributed by atoms with Crippen molar-refractivity contribution in [3.8, 4) is 5.75 Å². The smallest absolute Gasteiger partial charge is 0.243 e. The first kappa shape index (κ1) is 30.5. The van der Waals surface area contributed by atoms with E-state index in [1.54, 1.807) is 38.4 Å². The standard InChI is InChI=1S/C32H47N3O4S/c1-34(2)30(26-11-7-5-8-12-26)27-15-13-25(14-16-27)21-24-33-31(36)32(22-9-6-10-23-32)35(3)40(37,38)29-19-17-28(39-4)18-20-29/h5,7-8,11-12,17-20,25,27,30H,6,9-10,13-16,21-24H2,1-4H3,(H,33,36). The molecule has 7 nitrogen and oxygen atoms in total. The highest BCUT2D eigenvalue weighted by Gasteiger charge is 2.48. The van der Waals surface area contributed by atoms with Crippen LogP contribution in [0.4, 0.5) is 0 Å². The summed E-state index contributed by atoms with van der Waals surface area (Å²) < 4.78 is 33.7. The van der Waals surface area contributed by atoms with Crippen LogP contribution in [-0.2, 0) is 14.8 Å². The van der Waals surface area contributed by atoms with Gasteiger partial charge in [-0.2, -0.15) is 4.31 Å². The summed E-state index contributed by atoms with van der Waals surface area (Å²) >= 11 is 0. The van der Waals surface area contributed by atoms with E-state index in [1.165, 1.54) is 22.7 Å². The van der Waals surface area contributed by atoms with E-state index in [1.807, 2.05) is 0 Å². The number of nitrogens with one attached hydrogen (secondary N) is 1. The zero-order valence-corrected chi connectivity index (χ0v) is 25.5. The van der Waals surface area contributed by atoms with Gasteiger partial charge in [-0.05, 0) is 87.9 Å². The molecular weight excluding hydrogens is 522 g/mol. The van der Waals surface area contributed by atoms with Crippen molar-refractivity contribution in [1.29, 1.82) is 0 Å². The van der Waals surface area contributed by atoms with Crippen molar-refractivity contribution in [2.45, 2.75) is 80.7 Å². The Bertz CT molecular complexity index is 1190. The fourth-order valence-corrected chi connectivity index (χ4v) is 8.47. The number of hydrogen-bond donors (Lipinski definition) is 1. The first-order valence-electron chi connectivity index (χ1n) is 14.8. The largest absolute Gasteiger partial charge is 0.497 e. The summed E-state index contributed by atoms with van der Waals surface area (Å²) in [4.78, 5) is 16.2. The quantitative estimate of drug-likeness (QED) is 0.379. The molecule has 4 rings (SSSR count). The topological polar surface area (TPSA) is 79.0 Å². The van der Waals surface area contributed by atoms with Crippen molar-refractivity contribution in [1.82, 2.24) is 14.5 Å². The molecule has 0 heterocycles. The van der Waals surface area contributed by atoms with Crippen molar-refractivity contribution < 1.29 is 17.9 Å². The number of ether oxygens (including phenoxy) is 1. The minimum atomic E-state index is -3.84. The van der Waals surface area contributed by atoms with E-state index >= 15 is 0 Å². The maximum atomic E-state index is 13.7. The first-order valence-corrected chi connectivity index (χ1v) is 16.3. The third kappa shape index (κ3) is 6.72. The molecule has 0 aromatic heterocycles. The number of nitrogens with zero attached hydrogens (tertiary/aromatic N) is 2. The molecular formula is C32H47N3O4S. The van der Waals surface area contributed by atoms with E-state index in [2.05, 4.69) is 54.6 Å². The van der Waals surface area contributed by atoms with Gasteiger partial charge in [0.1, 0.15) is 11.3 Å². The Kier molecular flexibility index (Phi) is 10.3. The lowest BCUT2D eigenvalue weighted by atomic mass is 9.75. The SMILES string of the molecule is COc1ccc(S(=O)(=O)N(C)C2(C(=O)NCCC3CCC(C(c4ccccc4)N(C)C)CC3)CCCCC2)cc1. The van der Waals surface area contributed by atoms with Gasteiger partial charge in [0.15, 0.2) is 0 Å². The van der Waals surface area contributed by atoms with E-state index in [0.717, 1.165) is 38.5 Å². The predicted octanol–water partition coefficient (Wildman–Crippen LogP) is 5.63. The number of methoxy groups -OCH3 is 1. The van der Waals surface area contributed by atoms with Gasteiger partial charge in [0.05, 0.1) is 12.0 Å². The Hall–Kier alpha value is -2.42. The van der Waals surface area contributed by atoms with Gasteiger partial charge < -0.3 is 15.0 Å². The van der Waals surface area contributed by atoms with Crippen molar-refractivity contribution in [2.75, 3.05) is 34.8 Å². The first-order chi connectivity index (χ1) is 19.2. The summed E-state index contributed by atoms with van der Waals surface area (Å²) in [5, 5.41) is 3.17. The van der Waals surface area contributed by atoms with Crippen molar-refractivity contribution in [3.05, 3.63) is 60.2 Å². The third-order valence-corrected chi connectivity index (χ3v) is 11.2. The van der Waals surface area contributed by atoms with Crippen LogP contribution in [0.1, 0.15) is 75.8 Å². The minimum Gasteiger partial charge on any atom is -0.497 e. The number of carbonyl (C=O) groups excluding carboxylic acids is 1. The number of hydrogen-bond acceptors (Lipinski definition) is 5. The Morgan fingerprint density at radius 2 is 1.57 bits per heavy atom. The minimum absolute atomic E-state index is 0.155. The zero-order valence-electron chi connectivity index (χ0n) is 24.6. The third-order valence-electron chi connectivity index (χ3n) is 9.30. The van der Waals surface area contributed by atoms with Crippen LogP contribution < -0.4 is 10.1 Å². The van der Waals surface area contributed by atoms with Gasteiger partial charge in [0.2, 0.25) is 15.9 Å². The number of carbonyl (C=O) groups is 1. The van der Waals surface area contributed by atoms with Gasteiger partial charge in [0.25, 0.3) is 0 Å². The lowest BCUT2D eigenvalue weighted by molar-refractivity contribution is -0.132. The summed E-state index contributed by atoms with van der Waals surface area (Å²) in [6.45, 7) is 0.585. The molecule has 0 radical (unpaired) electrons. The maximum absolute atomic E-state index is 13.7. The fraction of sp³-hybridized carbons (Fsp3) is 0.594. The van der Waals surface area contributed by atoms with Crippen LogP contribution in [0.25, 0.3) is 0 Å². The van der Waals surface area contributed by atoms with Crippen molar-refractivity contribution >= 4 is 15.9 Å². The highest BCUT2D eigenvalue weighted by Crippen LogP contribution is 2.40. The van der Waals surface area contributed by atoms with Crippen LogP contribution >= 0.6 is 0 Å². The van der Waals surface area contributed by atoms with E-state index in [9.17, 15) is 13.2 Å². The van der Waals surface area contributed by atoms with Gasteiger partial charge >= 0.3 is 0 Å². The number of benzene rings is 2. The lowest BCUT2D eigenvalue weighted by Crippen LogP contribution is -2.60. The Labute approximate surface area is 241 Å². The highest BCUT2D eigenvalue weighted by atomic mass is 32.2. The Morgan fingerprint density at radius 1 is 0.950 bits per heavy atom. The molecule has 8 heteroatoms. The lowest BCUT2D eigenvalue weighted by Gasteiger charge is -2.42. The van der Waals surface area contributed by atoms with Gasteiger partial charge in [-0.15, -0.1) is 0 Å². The van der Waals surface area contributed by atoms with Crippen LogP contribution in [0, 0.1) is 11.8 Å². The number of amides is 1. The number of likely N-dealkylation sites (N-methyl/N-ethyl adjacent to an activating group) is 1. The molecule has 0 spiro atoms. The fourth-order valence-electron chi connectivity index (χ4n) is 6.95. The summed E-state index contributed by atoms with van der Waals surface area (Å²) in [7, 11) is 3.62. The number of sulfonamides is 1. The molecule has 0 saturated heterocycles. The van der Waals surface area contributed by atoms with E-state index in [0.29, 0.717) is 43.0 Å². The summed E-state index contributed by atoms with van der Waals surface area (Å²) in [5.41, 5.74) is 0.332. The molecule has 1 atom stereocenters. The van der Waals surface area contributed by atoms with Gasteiger partial charge in [-0.3, -0.25) is 4.79 Å². The van der Waals surface area contributed by atoms with Crippen molar-refractivity contribution in [2.24, 2.45) is 11.8 Å². The van der Waals surface area contributed by atoms with E-state index in [4.69, 9.17) is 4.74 Å².